The average molecular weight is 287 g/mol. The first-order chi connectivity index (χ1) is 7.21. The van der Waals surface area contributed by atoms with Crippen LogP contribution in [0.3, 0.4) is 0 Å². The van der Waals surface area contributed by atoms with Crippen molar-refractivity contribution in [2.45, 2.75) is 24.7 Å². The highest BCUT2D eigenvalue weighted by molar-refractivity contribution is 9.09. The normalized spacial score (nSPS) is 10.3. The number of hydrogen-bond donors (Lipinski definition) is 0. The van der Waals surface area contributed by atoms with E-state index in [4.69, 9.17) is 0 Å². The third-order valence-electron chi connectivity index (χ3n) is 2.25. The molecule has 0 N–H and O–H groups in total. The molecule has 1 aromatic carbocycles. The Morgan fingerprint density at radius 3 is 2.67 bits per heavy atom. The highest BCUT2D eigenvalue weighted by Crippen LogP contribution is 2.20. The number of rotatable bonds is 5. The van der Waals surface area contributed by atoms with E-state index in [-0.39, 0.29) is 5.78 Å². The van der Waals surface area contributed by atoms with Crippen molar-refractivity contribution in [3.8, 4) is 0 Å². The van der Waals surface area contributed by atoms with Crippen molar-refractivity contribution in [2.24, 2.45) is 0 Å². The lowest BCUT2D eigenvalue weighted by Gasteiger charge is -2.05. The number of aryl methyl sites for hydroxylation is 1. The molecule has 0 aromatic heterocycles. The summed E-state index contributed by atoms with van der Waals surface area (Å²) in [6.45, 7) is 2.11. The maximum Gasteiger partial charge on any atom is 0.163 e. The number of ketones is 1. The first-order valence-electron chi connectivity index (χ1n) is 4.98. The number of carbonyl (C=O) groups excluding carboxylic acids is 1. The molecule has 0 saturated carbocycles. The number of benzene rings is 1. The summed E-state index contributed by atoms with van der Waals surface area (Å²) in [4.78, 5) is 12.9. The van der Waals surface area contributed by atoms with Crippen LogP contribution in [0.2, 0.25) is 0 Å². The molecule has 0 bridgehead atoms. The Morgan fingerprint density at radius 1 is 1.40 bits per heavy atom. The van der Waals surface area contributed by atoms with E-state index in [0.717, 1.165) is 17.3 Å². The van der Waals surface area contributed by atoms with E-state index in [0.29, 0.717) is 6.42 Å². The summed E-state index contributed by atoms with van der Waals surface area (Å²) < 4.78 is 0. The number of hydrogen-bond acceptors (Lipinski definition) is 2. The van der Waals surface area contributed by atoms with Crippen molar-refractivity contribution in [1.29, 1.82) is 0 Å². The summed E-state index contributed by atoms with van der Waals surface area (Å²) in [5, 5.41) is 0.733. The molecule has 82 valence electrons. The molecular formula is C12H15BrOS. The van der Waals surface area contributed by atoms with Crippen molar-refractivity contribution in [1.82, 2.24) is 0 Å². The fourth-order valence-corrected chi connectivity index (χ4v) is 2.25. The van der Waals surface area contributed by atoms with Gasteiger partial charge in [-0.2, -0.15) is 0 Å². The van der Waals surface area contributed by atoms with Gasteiger partial charge in [-0.1, -0.05) is 22.9 Å². The highest BCUT2D eigenvalue weighted by atomic mass is 79.9. The average Bonchev–Trinajstić information content (AvgIpc) is 2.28. The second-order valence-electron chi connectivity index (χ2n) is 3.29. The molecule has 0 amide bonds. The molecule has 0 aliphatic carbocycles. The molecule has 0 unspecified atom stereocenters. The summed E-state index contributed by atoms with van der Waals surface area (Å²) >= 11 is 4.98. The molecule has 1 nitrogen and oxygen atoms in total. The van der Waals surface area contributed by atoms with Crippen LogP contribution >= 0.6 is 27.7 Å². The monoisotopic (exact) mass is 286 g/mol. The van der Waals surface area contributed by atoms with Gasteiger partial charge in [0.05, 0.1) is 0 Å². The van der Waals surface area contributed by atoms with Crippen LogP contribution < -0.4 is 0 Å². The van der Waals surface area contributed by atoms with E-state index in [1.165, 1.54) is 10.5 Å². The van der Waals surface area contributed by atoms with E-state index >= 15 is 0 Å². The highest BCUT2D eigenvalue weighted by Gasteiger charge is 2.07. The molecule has 0 aliphatic rings. The van der Waals surface area contributed by atoms with Crippen LogP contribution in [0, 0.1) is 0 Å². The summed E-state index contributed by atoms with van der Waals surface area (Å²) in [6.07, 6.45) is 3.58. The quantitative estimate of drug-likeness (QED) is 0.463. The van der Waals surface area contributed by atoms with Gasteiger partial charge in [-0.25, -0.2) is 0 Å². The second-order valence-corrected chi connectivity index (χ2v) is 4.96. The van der Waals surface area contributed by atoms with Gasteiger partial charge >= 0.3 is 0 Å². The van der Waals surface area contributed by atoms with Crippen LogP contribution in [-0.4, -0.2) is 17.4 Å². The minimum atomic E-state index is 0.220. The van der Waals surface area contributed by atoms with E-state index < -0.39 is 0 Å². The Hall–Kier alpha value is -0.280. The van der Waals surface area contributed by atoms with Crippen LogP contribution in [-0.2, 0) is 6.42 Å². The third kappa shape index (κ3) is 3.65. The molecule has 0 radical (unpaired) electrons. The largest absolute Gasteiger partial charge is 0.294 e. The van der Waals surface area contributed by atoms with Crippen LogP contribution in [0.25, 0.3) is 0 Å². The van der Waals surface area contributed by atoms with Crippen molar-refractivity contribution in [3.63, 3.8) is 0 Å². The SMILES string of the molecule is CCc1cc(SC)cc(C(=O)CCBr)c1. The molecule has 3 heteroatoms. The van der Waals surface area contributed by atoms with Crippen molar-refractivity contribution in [2.75, 3.05) is 11.6 Å². The predicted octanol–water partition coefficient (Wildman–Crippen LogP) is 3.94. The van der Waals surface area contributed by atoms with Gasteiger partial charge in [0.15, 0.2) is 5.78 Å². The van der Waals surface area contributed by atoms with Gasteiger partial charge in [0.2, 0.25) is 0 Å². The van der Waals surface area contributed by atoms with E-state index in [9.17, 15) is 4.79 Å². The Kier molecular flexibility index (Phi) is 5.40. The first kappa shape index (κ1) is 12.8. The molecule has 0 spiro atoms. The minimum absolute atomic E-state index is 0.220. The number of halogens is 1. The van der Waals surface area contributed by atoms with Crippen LogP contribution in [0.5, 0.6) is 0 Å². The van der Waals surface area contributed by atoms with Crippen LogP contribution in [0.1, 0.15) is 29.3 Å². The molecule has 0 heterocycles. The van der Waals surface area contributed by atoms with Crippen molar-refractivity contribution < 1.29 is 4.79 Å². The number of alkyl halides is 1. The Labute approximate surface area is 104 Å². The van der Waals surface area contributed by atoms with Crippen LogP contribution in [0.15, 0.2) is 23.1 Å². The topological polar surface area (TPSA) is 17.1 Å². The summed E-state index contributed by atoms with van der Waals surface area (Å²) in [5.41, 5.74) is 2.08. The van der Waals surface area contributed by atoms with E-state index in [2.05, 4.69) is 28.9 Å². The van der Waals surface area contributed by atoms with Gasteiger partial charge in [0, 0.05) is 22.2 Å². The van der Waals surface area contributed by atoms with Crippen molar-refractivity contribution in [3.05, 3.63) is 29.3 Å². The van der Waals surface area contributed by atoms with Gasteiger partial charge in [0.1, 0.15) is 0 Å². The molecule has 15 heavy (non-hydrogen) atoms. The Bertz CT molecular complexity index is 327. The lowest BCUT2D eigenvalue weighted by molar-refractivity contribution is 0.0989. The lowest BCUT2D eigenvalue weighted by Crippen LogP contribution is -2.00. The first-order valence-corrected chi connectivity index (χ1v) is 7.33. The number of carbonyl (C=O) groups is 1. The summed E-state index contributed by atoms with van der Waals surface area (Å²) in [6, 6.07) is 6.13. The fourth-order valence-electron chi connectivity index (χ4n) is 1.37. The standard InChI is InChI=1S/C12H15BrOS/c1-3-9-6-10(12(14)4-5-13)8-11(7-9)15-2/h6-8H,3-5H2,1-2H3. The zero-order valence-electron chi connectivity index (χ0n) is 9.05. The molecule has 0 saturated heterocycles. The zero-order chi connectivity index (χ0) is 11.3. The lowest BCUT2D eigenvalue weighted by atomic mass is 10.0. The van der Waals surface area contributed by atoms with Crippen LogP contribution in [0.4, 0.5) is 0 Å². The minimum Gasteiger partial charge on any atom is -0.294 e. The molecule has 0 fully saturated rings. The Balaban J connectivity index is 3.01. The van der Waals surface area contributed by atoms with E-state index in [1.807, 2.05) is 18.4 Å². The molecule has 1 rings (SSSR count). The van der Waals surface area contributed by atoms with Gasteiger partial charge in [-0.3, -0.25) is 4.79 Å². The summed E-state index contributed by atoms with van der Waals surface area (Å²) in [7, 11) is 0. The number of Topliss-reactive ketones (excluding diaryl/α,β-unsaturated/α-hetero) is 1. The molecule has 1 aromatic rings. The van der Waals surface area contributed by atoms with Gasteiger partial charge in [0.25, 0.3) is 0 Å². The second kappa shape index (κ2) is 6.33. The Morgan fingerprint density at radius 2 is 2.13 bits per heavy atom. The fraction of sp³-hybridized carbons (Fsp3) is 0.417. The maximum absolute atomic E-state index is 11.7. The molecular weight excluding hydrogens is 272 g/mol. The van der Waals surface area contributed by atoms with Gasteiger partial charge in [-0.15, -0.1) is 11.8 Å². The number of thioether (sulfide) groups is 1. The molecule has 0 aliphatic heterocycles. The van der Waals surface area contributed by atoms with Gasteiger partial charge in [-0.05, 0) is 36.4 Å². The maximum atomic E-state index is 11.7. The van der Waals surface area contributed by atoms with Crippen molar-refractivity contribution >= 4 is 33.5 Å². The smallest absolute Gasteiger partial charge is 0.163 e. The predicted molar refractivity (Wildman–Crippen MR) is 70.3 cm³/mol. The molecule has 0 atom stereocenters. The van der Waals surface area contributed by atoms with E-state index in [1.54, 1.807) is 11.8 Å². The van der Waals surface area contributed by atoms with Gasteiger partial charge < -0.3 is 0 Å². The third-order valence-corrected chi connectivity index (χ3v) is 3.36. The zero-order valence-corrected chi connectivity index (χ0v) is 11.5. The summed E-state index contributed by atoms with van der Waals surface area (Å²) in [5.74, 6) is 0.220.